The van der Waals surface area contributed by atoms with Crippen LogP contribution in [0.1, 0.15) is 25.3 Å². The van der Waals surface area contributed by atoms with Gasteiger partial charge < -0.3 is 19.9 Å². The summed E-state index contributed by atoms with van der Waals surface area (Å²) in [4.78, 5) is 0. The molecule has 21 heavy (non-hydrogen) atoms. The molecule has 0 saturated carbocycles. The predicted molar refractivity (Wildman–Crippen MR) is 78.0 cm³/mol. The summed E-state index contributed by atoms with van der Waals surface area (Å²) in [5.41, 5.74) is 7.10. The maximum absolute atomic E-state index is 9.40. The lowest BCUT2D eigenvalue weighted by Gasteiger charge is -2.27. The Balaban J connectivity index is 2.51. The van der Waals surface area contributed by atoms with Crippen LogP contribution in [-0.4, -0.2) is 13.7 Å². The van der Waals surface area contributed by atoms with E-state index in [4.69, 9.17) is 19.9 Å². The summed E-state index contributed by atoms with van der Waals surface area (Å²) < 4.78 is 16.3. The van der Waals surface area contributed by atoms with Gasteiger partial charge >= 0.3 is 0 Å². The Kier molecular flexibility index (Phi) is 4.39. The molecule has 5 heteroatoms. The number of methoxy groups -OCH3 is 1. The third-order valence-corrected chi connectivity index (χ3v) is 3.30. The number of nitrogens with zero attached hydrogens (tertiary/aromatic N) is 1. The molecule has 1 atom stereocenters. The molecule has 1 aromatic carbocycles. The first kappa shape index (κ1) is 14.8. The van der Waals surface area contributed by atoms with Gasteiger partial charge in [0, 0.05) is 0 Å². The highest BCUT2D eigenvalue weighted by Crippen LogP contribution is 2.39. The number of rotatable bonds is 4. The van der Waals surface area contributed by atoms with Crippen LogP contribution in [0.15, 0.2) is 47.2 Å². The Bertz CT molecular complexity index is 624. The molecule has 5 nitrogen and oxygen atoms in total. The summed E-state index contributed by atoms with van der Waals surface area (Å²) >= 11 is 0. The number of hydrogen-bond donors (Lipinski definition) is 1. The average molecular weight is 286 g/mol. The van der Waals surface area contributed by atoms with Crippen molar-refractivity contribution in [2.45, 2.75) is 19.8 Å². The van der Waals surface area contributed by atoms with Gasteiger partial charge in [0.15, 0.2) is 0 Å². The Morgan fingerprint density at radius 1 is 1.33 bits per heavy atom. The van der Waals surface area contributed by atoms with Crippen molar-refractivity contribution in [3.05, 3.63) is 52.8 Å². The number of allylic oxidation sites excluding steroid dienone is 2. The smallest absolute Gasteiger partial charge is 0.205 e. The molecule has 0 bridgehead atoms. The van der Waals surface area contributed by atoms with Crippen LogP contribution in [0.3, 0.4) is 0 Å². The normalized spacial score (nSPS) is 18.1. The molecule has 2 rings (SSSR count). The van der Waals surface area contributed by atoms with Gasteiger partial charge in [-0.05, 0) is 31.5 Å². The van der Waals surface area contributed by atoms with Crippen molar-refractivity contribution in [3.8, 4) is 11.8 Å². The van der Waals surface area contributed by atoms with Gasteiger partial charge in [-0.1, -0.05) is 12.1 Å². The van der Waals surface area contributed by atoms with E-state index < -0.39 is 0 Å². The van der Waals surface area contributed by atoms with Gasteiger partial charge in [-0.15, -0.1) is 0 Å². The zero-order chi connectivity index (χ0) is 15.4. The first-order valence-corrected chi connectivity index (χ1v) is 6.67. The van der Waals surface area contributed by atoms with Crippen molar-refractivity contribution in [2.24, 2.45) is 5.73 Å². The number of hydrogen-bond acceptors (Lipinski definition) is 5. The van der Waals surface area contributed by atoms with Crippen LogP contribution < -0.4 is 10.5 Å². The van der Waals surface area contributed by atoms with Crippen LogP contribution in [0.25, 0.3) is 0 Å². The molecule has 0 radical (unpaired) electrons. The van der Waals surface area contributed by atoms with Gasteiger partial charge in [-0.3, -0.25) is 0 Å². The molecule has 0 spiro atoms. The molecule has 110 valence electrons. The van der Waals surface area contributed by atoms with Crippen molar-refractivity contribution in [1.82, 2.24) is 0 Å². The summed E-state index contributed by atoms with van der Waals surface area (Å²) in [6, 6.07) is 9.60. The van der Waals surface area contributed by atoms with Gasteiger partial charge in [0.25, 0.3) is 0 Å². The van der Waals surface area contributed by atoms with E-state index in [2.05, 4.69) is 6.07 Å². The van der Waals surface area contributed by atoms with Gasteiger partial charge in [-0.25, -0.2) is 0 Å². The third-order valence-electron chi connectivity index (χ3n) is 3.30. The molecule has 1 aromatic rings. The van der Waals surface area contributed by atoms with Crippen molar-refractivity contribution in [1.29, 1.82) is 5.26 Å². The first-order chi connectivity index (χ1) is 10.1. The van der Waals surface area contributed by atoms with Gasteiger partial charge in [0.2, 0.25) is 5.88 Å². The monoisotopic (exact) mass is 286 g/mol. The molecule has 0 amide bonds. The van der Waals surface area contributed by atoms with E-state index in [-0.39, 0.29) is 11.8 Å². The lowest BCUT2D eigenvalue weighted by atomic mass is 9.88. The van der Waals surface area contributed by atoms with Crippen LogP contribution in [0.5, 0.6) is 5.75 Å². The van der Waals surface area contributed by atoms with Gasteiger partial charge in [-0.2, -0.15) is 5.26 Å². The van der Waals surface area contributed by atoms with E-state index in [9.17, 15) is 5.26 Å². The van der Waals surface area contributed by atoms with Crippen LogP contribution in [-0.2, 0) is 9.47 Å². The fourth-order valence-corrected chi connectivity index (χ4v) is 2.32. The Morgan fingerprint density at radius 2 is 2.00 bits per heavy atom. The Morgan fingerprint density at radius 3 is 2.52 bits per heavy atom. The van der Waals surface area contributed by atoms with Crippen LogP contribution in [0, 0.1) is 11.3 Å². The highest BCUT2D eigenvalue weighted by Gasteiger charge is 2.32. The Hall–Kier alpha value is -2.61. The number of ether oxygens (including phenoxy) is 3. The van der Waals surface area contributed by atoms with Crippen molar-refractivity contribution in [2.75, 3.05) is 13.7 Å². The molecule has 1 heterocycles. The molecular formula is C16H18N2O3. The highest BCUT2D eigenvalue weighted by molar-refractivity contribution is 5.47. The molecule has 0 saturated heterocycles. The lowest BCUT2D eigenvalue weighted by Crippen LogP contribution is -2.21. The van der Waals surface area contributed by atoms with Crippen LogP contribution >= 0.6 is 0 Å². The number of nitriles is 1. The SMILES string of the molecule is CCOC1=C(C)OC(N)=C(C#N)[C@@H]1c1ccc(OC)cc1. The van der Waals surface area contributed by atoms with E-state index in [1.54, 1.807) is 14.0 Å². The van der Waals surface area contributed by atoms with E-state index in [0.29, 0.717) is 23.7 Å². The molecule has 0 aliphatic carbocycles. The molecule has 0 unspecified atom stereocenters. The summed E-state index contributed by atoms with van der Waals surface area (Å²) in [5, 5.41) is 9.40. The summed E-state index contributed by atoms with van der Waals surface area (Å²) in [7, 11) is 1.61. The average Bonchev–Trinajstić information content (AvgIpc) is 2.50. The molecule has 0 aromatic heterocycles. The second-order valence-electron chi connectivity index (χ2n) is 4.55. The fourth-order valence-electron chi connectivity index (χ4n) is 2.32. The summed E-state index contributed by atoms with van der Waals surface area (Å²) in [6.45, 7) is 4.16. The number of benzene rings is 1. The van der Waals surface area contributed by atoms with E-state index in [1.165, 1.54) is 0 Å². The summed E-state index contributed by atoms with van der Waals surface area (Å²) in [6.07, 6.45) is 0. The standard InChI is InChI=1S/C16H18N2O3/c1-4-20-15-10(2)21-16(18)13(9-17)14(15)11-5-7-12(19-3)8-6-11/h5-8,14H,4,18H2,1-3H3/t14-/m0/s1. The lowest BCUT2D eigenvalue weighted by molar-refractivity contribution is 0.165. The first-order valence-electron chi connectivity index (χ1n) is 6.67. The highest BCUT2D eigenvalue weighted by atomic mass is 16.5. The minimum Gasteiger partial charge on any atom is -0.497 e. The molecule has 1 aliphatic heterocycles. The second kappa shape index (κ2) is 6.23. The fraction of sp³-hybridized carbons (Fsp3) is 0.312. The van der Waals surface area contributed by atoms with E-state index in [0.717, 1.165) is 11.3 Å². The van der Waals surface area contributed by atoms with E-state index in [1.807, 2.05) is 31.2 Å². The zero-order valence-electron chi connectivity index (χ0n) is 12.3. The zero-order valence-corrected chi connectivity index (χ0v) is 12.3. The van der Waals surface area contributed by atoms with Crippen molar-refractivity contribution in [3.63, 3.8) is 0 Å². The van der Waals surface area contributed by atoms with Gasteiger partial charge in [0.05, 0.1) is 19.6 Å². The Labute approximate surface area is 124 Å². The van der Waals surface area contributed by atoms with Gasteiger partial charge in [0.1, 0.15) is 28.9 Å². The summed E-state index contributed by atoms with van der Waals surface area (Å²) in [5.74, 6) is 1.72. The molecule has 0 fully saturated rings. The third kappa shape index (κ3) is 2.79. The van der Waals surface area contributed by atoms with E-state index >= 15 is 0 Å². The largest absolute Gasteiger partial charge is 0.497 e. The van der Waals surface area contributed by atoms with Crippen LogP contribution in [0.2, 0.25) is 0 Å². The quantitative estimate of drug-likeness (QED) is 0.920. The molecule has 2 N–H and O–H groups in total. The minimum absolute atomic E-state index is 0.124. The predicted octanol–water partition coefficient (Wildman–Crippen LogP) is 2.77. The van der Waals surface area contributed by atoms with Crippen molar-refractivity contribution >= 4 is 0 Å². The maximum atomic E-state index is 9.40. The number of nitrogens with two attached hydrogens (primary N) is 1. The maximum Gasteiger partial charge on any atom is 0.205 e. The molecule has 1 aliphatic rings. The van der Waals surface area contributed by atoms with Crippen LogP contribution in [0.4, 0.5) is 0 Å². The second-order valence-corrected chi connectivity index (χ2v) is 4.55. The minimum atomic E-state index is -0.352. The molecular weight excluding hydrogens is 268 g/mol. The topological polar surface area (TPSA) is 77.5 Å². The van der Waals surface area contributed by atoms with Crippen molar-refractivity contribution < 1.29 is 14.2 Å².